The maximum atomic E-state index is 11.9. The number of rotatable bonds is 5. The molecular weight excluding hydrogens is 315 g/mol. The van der Waals surface area contributed by atoms with Gasteiger partial charge in [-0.25, -0.2) is 4.79 Å². The van der Waals surface area contributed by atoms with Gasteiger partial charge in [0.2, 0.25) is 0 Å². The summed E-state index contributed by atoms with van der Waals surface area (Å²) in [5.41, 5.74) is -0.653. The van der Waals surface area contributed by atoms with Crippen molar-refractivity contribution in [2.75, 3.05) is 20.4 Å². The van der Waals surface area contributed by atoms with Gasteiger partial charge in [0.05, 0.1) is 12.7 Å². The SMILES string of the molecule is COC1C[C@H](n2cc(C)c(=O)[nH]c2=O)O[C@@H]1COP(C)(=O)O. The fraction of sp³-hybridized carbons (Fsp3) is 0.667. The summed E-state index contributed by atoms with van der Waals surface area (Å²) in [5, 5.41) is 0. The Kier molecular flexibility index (Phi) is 5.03. The molecule has 2 N–H and O–H groups in total. The molecule has 10 heteroatoms. The highest BCUT2D eigenvalue weighted by atomic mass is 31.2. The smallest absolute Gasteiger partial charge is 0.330 e. The quantitative estimate of drug-likeness (QED) is 0.726. The molecule has 1 aliphatic rings. The first-order chi connectivity index (χ1) is 10.2. The molecule has 22 heavy (non-hydrogen) atoms. The van der Waals surface area contributed by atoms with Crippen LogP contribution in [0.5, 0.6) is 0 Å². The Morgan fingerprint density at radius 1 is 1.55 bits per heavy atom. The van der Waals surface area contributed by atoms with Crippen molar-refractivity contribution < 1.29 is 23.5 Å². The van der Waals surface area contributed by atoms with E-state index in [4.69, 9.17) is 14.0 Å². The fourth-order valence-corrected chi connectivity index (χ4v) is 2.70. The van der Waals surface area contributed by atoms with Crippen LogP contribution in [0.1, 0.15) is 18.2 Å². The van der Waals surface area contributed by atoms with Crippen LogP contribution < -0.4 is 11.2 Å². The van der Waals surface area contributed by atoms with E-state index in [1.807, 2.05) is 0 Å². The molecule has 4 atom stereocenters. The van der Waals surface area contributed by atoms with Crippen molar-refractivity contribution in [2.24, 2.45) is 0 Å². The van der Waals surface area contributed by atoms with Gasteiger partial charge in [0.25, 0.3) is 5.56 Å². The zero-order valence-electron chi connectivity index (χ0n) is 12.5. The number of nitrogens with one attached hydrogen (secondary N) is 1. The number of hydrogen-bond acceptors (Lipinski definition) is 6. The highest BCUT2D eigenvalue weighted by Crippen LogP contribution is 2.39. The summed E-state index contributed by atoms with van der Waals surface area (Å²) in [6.07, 6.45) is 0.148. The Balaban J connectivity index is 2.18. The molecule has 2 rings (SSSR count). The van der Waals surface area contributed by atoms with Gasteiger partial charge in [-0.2, -0.15) is 0 Å². The zero-order chi connectivity index (χ0) is 16.5. The van der Waals surface area contributed by atoms with Crippen molar-refractivity contribution in [3.05, 3.63) is 32.6 Å². The number of H-pyrrole nitrogens is 1. The molecule has 0 saturated carbocycles. The second kappa shape index (κ2) is 6.47. The van der Waals surface area contributed by atoms with E-state index in [1.54, 1.807) is 6.92 Å². The van der Waals surface area contributed by atoms with Gasteiger partial charge in [0, 0.05) is 32.0 Å². The third-order valence-electron chi connectivity index (χ3n) is 3.42. The lowest BCUT2D eigenvalue weighted by molar-refractivity contribution is -0.0499. The molecule has 0 amide bonds. The molecule has 124 valence electrons. The second-order valence-corrected chi connectivity index (χ2v) is 7.08. The first-order valence-corrected chi connectivity index (χ1v) is 8.69. The maximum Gasteiger partial charge on any atom is 0.330 e. The van der Waals surface area contributed by atoms with Crippen LogP contribution in [0.2, 0.25) is 0 Å². The van der Waals surface area contributed by atoms with Gasteiger partial charge in [-0.15, -0.1) is 0 Å². The van der Waals surface area contributed by atoms with Crippen LogP contribution in [0.15, 0.2) is 15.8 Å². The van der Waals surface area contributed by atoms with Crippen molar-refractivity contribution >= 4 is 7.60 Å². The lowest BCUT2D eigenvalue weighted by atomic mass is 10.2. The number of ether oxygens (including phenoxy) is 2. The molecule has 2 unspecified atom stereocenters. The van der Waals surface area contributed by atoms with Crippen molar-refractivity contribution in [1.82, 2.24) is 9.55 Å². The van der Waals surface area contributed by atoms with E-state index in [0.29, 0.717) is 12.0 Å². The van der Waals surface area contributed by atoms with Crippen molar-refractivity contribution in [3.63, 3.8) is 0 Å². The van der Waals surface area contributed by atoms with Crippen LogP contribution in [0.4, 0.5) is 0 Å². The molecule has 0 spiro atoms. The Morgan fingerprint density at radius 3 is 2.82 bits per heavy atom. The summed E-state index contributed by atoms with van der Waals surface area (Å²) in [7, 11) is -2.14. The predicted octanol–water partition coefficient (Wildman–Crippen LogP) is -0.0207. The monoisotopic (exact) mass is 334 g/mol. The van der Waals surface area contributed by atoms with Crippen molar-refractivity contribution in [1.29, 1.82) is 0 Å². The first kappa shape index (κ1) is 17.1. The van der Waals surface area contributed by atoms with Crippen LogP contribution in [0, 0.1) is 6.92 Å². The highest BCUT2D eigenvalue weighted by Gasteiger charge is 2.38. The third kappa shape index (κ3) is 3.93. The lowest BCUT2D eigenvalue weighted by Crippen LogP contribution is -2.33. The van der Waals surface area contributed by atoms with Gasteiger partial charge in [-0.1, -0.05) is 0 Å². The zero-order valence-corrected chi connectivity index (χ0v) is 13.4. The van der Waals surface area contributed by atoms with Crippen LogP contribution in [-0.4, -0.2) is 47.0 Å². The van der Waals surface area contributed by atoms with E-state index in [9.17, 15) is 19.0 Å². The van der Waals surface area contributed by atoms with Gasteiger partial charge in [-0.05, 0) is 6.92 Å². The van der Waals surface area contributed by atoms with Crippen molar-refractivity contribution in [3.8, 4) is 0 Å². The largest absolute Gasteiger partial charge is 0.378 e. The molecule has 1 fully saturated rings. The second-order valence-electron chi connectivity index (χ2n) is 5.22. The fourth-order valence-electron chi connectivity index (χ4n) is 2.28. The molecule has 9 nitrogen and oxygen atoms in total. The summed E-state index contributed by atoms with van der Waals surface area (Å²) in [6, 6.07) is 0. The number of aromatic amines is 1. The van der Waals surface area contributed by atoms with Gasteiger partial charge >= 0.3 is 13.3 Å². The Labute approximate surface area is 126 Å². The molecule has 0 aliphatic carbocycles. The Hall–Kier alpha value is -1.25. The highest BCUT2D eigenvalue weighted by molar-refractivity contribution is 7.51. The van der Waals surface area contributed by atoms with Crippen LogP contribution in [0.25, 0.3) is 0 Å². The van der Waals surface area contributed by atoms with Crippen LogP contribution in [0.3, 0.4) is 0 Å². The molecule has 1 saturated heterocycles. The normalized spacial score (nSPS) is 27.7. The predicted molar refractivity (Wildman–Crippen MR) is 77.1 cm³/mol. The average molecular weight is 334 g/mol. The van der Waals surface area contributed by atoms with E-state index >= 15 is 0 Å². The Bertz CT molecular complexity index is 691. The van der Waals surface area contributed by atoms with Gasteiger partial charge < -0.3 is 18.9 Å². The summed E-state index contributed by atoms with van der Waals surface area (Å²) in [4.78, 5) is 34.6. The molecule has 0 aromatic carbocycles. The topological polar surface area (TPSA) is 120 Å². The lowest BCUT2D eigenvalue weighted by Gasteiger charge is -2.18. The van der Waals surface area contributed by atoms with Gasteiger partial charge in [0.1, 0.15) is 12.3 Å². The Morgan fingerprint density at radius 2 is 2.23 bits per heavy atom. The molecule has 1 aliphatic heterocycles. The molecule has 1 aromatic rings. The van der Waals surface area contributed by atoms with Crippen LogP contribution >= 0.6 is 7.60 Å². The van der Waals surface area contributed by atoms with E-state index < -0.39 is 37.3 Å². The summed E-state index contributed by atoms with van der Waals surface area (Å²) < 4.78 is 28.3. The minimum atomic E-state index is -3.62. The standard InChI is InChI=1S/C12H19N2O7P/c1-7-5-14(12(16)13-11(7)15)10-4-8(19-2)9(21-10)6-20-22(3,17)18/h5,8-10H,4,6H2,1-3H3,(H,17,18)(H,13,15,16)/t8?,9-,10-/m1/s1. The number of aryl methyl sites for hydroxylation is 1. The third-order valence-corrected chi connectivity index (χ3v) is 4.05. The molecule has 0 radical (unpaired) electrons. The summed E-state index contributed by atoms with van der Waals surface area (Å²) in [5.74, 6) is 0. The van der Waals surface area contributed by atoms with Crippen LogP contribution in [-0.2, 0) is 18.6 Å². The van der Waals surface area contributed by atoms with Gasteiger partial charge in [0.15, 0.2) is 0 Å². The average Bonchev–Trinajstić information content (AvgIpc) is 2.83. The number of aromatic nitrogens is 2. The summed E-state index contributed by atoms with van der Waals surface area (Å²) >= 11 is 0. The van der Waals surface area contributed by atoms with E-state index in [2.05, 4.69) is 4.98 Å². The minimum absolute atomic E-state index is 0.129. The number of methoxy groups -OCH3 is 1. The minimum Gasteiger partial charge on any atom is -0.378 e. The maximum absolute atomic E-state index is 11.9. The molecular formula is C12H19N2O7P. The number of hydrogen-bond donors (Lipinski definition) is 2. The summed E-state index contributed by atoms with van der Waals surface area (Å²) in [6.45, 7) is 2.53. The molecule has 2 heterocycles. The molecule has 1 aromatic heterocycles. The molecule has 0 bridgehead atoms. The van der Waals surface area contributed by atoms with Gasteiger partial charge in [-0.3, -0.25) is 18.9 Å². The van der Waals surface area contributed by atoms with E-state index in [0.717, 1.165) is 6.66 Å². The number of nitrogens with zero attached hydrogens (tertiary/aromatic N) is 1. The van der Waals surface area contributed by atoms with E-state index in [-0.39, 0.29) is 6.61 Å². The van der Waals surface area contributed by atoms with Crippen molar-refractivity contribution in [2.45, 2.75) is 31.8 Å². The van der Waals surface area contributed by atoms with E-state index in [1.165, 1.54) is 17.9 Å². The first-order valence-electron chi connectivity index (χ1n) is 6.66.